The predicted molar refractivity (Wildman–Crippen MR) is 131 cm³/mol. The van der Waals surface area contributed by atoms with Crippen LogP contribution in [0.1, 0.15) is 71.1 Å². The first-order chi connectivity index (χ1) is 13.3. The lowest BCUT2D eigenvalue weighted by atomic mass is 9.38. The Morgan fingerprint density at radius 1 is 1.18 bits per heavy atom. The molecule has 0 N–H and O–H groups in total. The first kappa shape index (κ1) is 22.1. The van der Waals surface area contributed by atoms with Crippen molar-refractivity contribution in [3.8, 4) is 0 Å². The van der Waals surface area contributed by atoms with E-state index < -0.39 is 0 Å². The van der Waals surface area contributed by atoms with Crippen LogP contribution in [-0.4, -0.2) is 35.6 Å². The van der Waals surface area contributed by atoms with E-state index in [-0.39, 0.29) is 21.1 Å². The van der Waals surface area contributed by atoms with Crippen molar-refractivity contribution in [3.63, 3.8) is 0 Å². The smallest absolute Gasteiger partial charge is 0.137 e. The minimum Gasteiger partial charge on any atom is -0.299 e. The van der Waals surface area contributed by atoms with E-state index >= 15 is 0 Å². The van der Waals surface area contributed by atoms with E-state index in [2.05, 4.69) is 26.8 Å². The second kappa shape index (κ2) is 8.41. The molecule has 0 spiro atoms. The summed E-state index contributed by atoms with van der Waals surface area (Å²) in [6.07, 6.45) is 12.1. The Kier molecular flexibility index (Phi) is 6.63. The van der Waals surface area contributed by atoms with Gasteiger partial charge in [-0.15, -0.1) is 0 Å². The molecule has 3 radical (unpaired) electrons. The first-order valence-corrected chi connectivity index (χ1v) is 12.9. The third kappa shape index (κ3) is 3.68. The van der Waals surface area contributed by atoms with Gasteiger partial charge in [0.1, 0.15) is 13.1 Å². The zero-order valence-corrected chi connectivity index (χ0v) is 19.9. The summed E-state index contributed by atoms with van der Waals surface area (Å²) in [5.41, 5.74) is 0. The van der Waals surface area contributed by atoms with Crippen molar-refractivity contribution >= 4 is 58.8 Å². The van der Waals surface area contributed by atoms with Gasteiger partial charge in [-0.3, -0.25) is 4.79 Å². The minimum atomic E-state index is -0.0981. The van der Waals surface area contributed by atoms with Crippen LogP contribution in [0.4, 0.5) is 0 Å². The van der Waals surface area contributed by atoms with E-state index in [1.807, 2.05) is 0 Å². The molecule has 0 aromatic rings. The zero-order valence-electron chi connectivity index (χ0n) is 17.2. The van der Waals surface area contributed by atoms with E-state index in [9.17, 15) is 4.79 Å². The average Bonchev–Trinajstić information content (AvgIpc) is 2.99. The summed E-state index contributed by atoms with van der Waals surface area (Å²) in [4.78, 5) is 13.1. The Balaban J connectivity index is 1.50. The van der Waals surface area contributed by atoms with Crippen LogP contribution in [0.2, 0.25) is 12.1 Å². The summed E-state index contributed by atoms with van der Waals surface area (Å²) >= 11 is 15.1. The van der Waals surface area contributed by atoms with Crippen molar-refractivity contribution in [1.82, 2.24) is 0 Å². The fourth-order valence-electron chi connectivity index (χ4n) is 7.43. The van der Waals surface area contributed by atoms with Crippen molar-refractivity contribution in [2.75, 3.05) is 0 Å². The topological polar surface area (TPSA) is 17.1 Å². The third-order valence-corrected chi connectivity index (χ3v) is 10.7. The van der Waals surface area contributed by atoms with Crippen molar-refractivity contribution < 1.29 is 4.79 Å². The normalized spacial score (nSPS) is 47.4. The first-order valence-electron chi connectivity index (χ1n) is 11.5. The molecule has 0 bridgehead atoms. The van der Waals surface area contributed by atoms with Gasteiger partial charge in [0.25, 0.3) is 0 Å². The molecule has 28 heavy (non-hydrogen) atoms. The summed E-state index contributed by atoms with van der Waals surface area (Å²) < 4.78 is -0.175. The summed E-state index contributed by atoms with van der Waals surface area (Å²) in [5.74, 6) is 2.81. The second-order valence-electron chi connectivity index (χ2n) is 10.3. The van der Waals surface area contributed by atoms with Crippen molar-refractivity contribution in [3.05, 3.63) is 0 Å². The molecular weight excluding hydrogens is 398 g/mol. The van der Waals surface area contributed by atoms with Crippen molar-refractivity contribution in [1.29, 1.82) is 0 Å². The number of ketones is 1. The number of fused-ring (bicyclic) bond motifs is 5. The fraction of sp³-hybridized carbons (Fsp3) is 0.955. The molecule has 1 heterocycles. The van der Waals surface area contributed by atoms with E-state index in [1.165, 1.54) is 19.3 Å². The predicted octanol–water partition coefficient (Wildman–Crippen LogP) is 5.28. The van der Waals surface area contributed by atoms with Gasteiger partial charge < -0.3 is 0 Å². The second-order valence-corrected chi connectivity index (χ2v) is 12.8. The van der Waals surface area contributed by atoms with Gasteiger partial charge >= 0.3 is 0 Å². The van der Waals surface area contributed by atoms with Gasteiger partial charge in [0.2, 0.25) is 0 Å². The summed E-state index contributed by atoms with van der Waals surface area (Å²) in [6.45, 7) is 2.15. The molecule has 0 aromatic carbocycles. The van der Waals surface area contributed by atoms with Crippen molar-refractivity contribution in [2.45, 2.75) is 97.9 Å². The maximum absolute atomic E-state index is 13.1. The maximum atomic E-state index is 13.1. The molecule has 0 amide bonds. The molecule has 4 aliphatic rings. The molecule has 6 heteroatoms. The van der Waals surface area contributed by atoms with Crippen LogP contribution < -0.4 is 0 Å². The van der Waals surface area contributed by atoms with Gasteiger partial charge in [-0.1, -0.05) is 44.7 Å². The Bertz CT molecular complexity index is 602. The number of rotatable bonds is 5. The molecule has 1 nitrogen and oxygen atoms in total. The van der Waals surface area contributed by atoms with Gasteiger partial charge in [0.05, 0.1) is 7.85 Å². The number of carbonyl (C=O) groups is 1. The zero-order chi connectivity index (χ0) is 20.1. The molecule has 3 saturated carbocycles. The van der Waals surface area contributed by atoms with E-state index in [0.717, 1.165) is 51.3 Å². The Hall–Kier alpha value is 0.850. The van der Waals surface area contributed by atoms with Crippen molar-refractivity contribution in [2.24, 2.45) is 29.6 Å². The van der Waals surface area contributed by atoms with Gasteiger partial charge in [0, 0.05) is 17.1 Å². The Labute approximate surface area is 190 Å². The maximum Gasteiger partial charge on any atom is 0.137 e. The molecule has 4 fully saturated rings. The minimum absolute atomic E-state index is 0.0766. The Morgan fingerprint density at radius 2 is 1.96 bits per heavy atom. The van der Waals surface area contributed by atoms with Crippen LogP contribution in [-0.2, 0) is 4.79 Å². The number of carbonyl (C=O) groups excluding carboxylic acids is 1. The average molecular weight is 433 g/mol. The monoisotopic (exact) mass is 433 g/mol. The number of hydrogen-bond acceptors (Lipinski definition) is 4. The lowest BCUT2D eigenvalue weighted by Gasteiger charge is -2.59. The molecule has 9 unspecified atom stereocenters. The van der Waals surface area contributed by atoms with Crippen LogP contribution in [0, 0.1) is 29.6 Å². The summed E-state index contributed by atoms with van der Waals surface area (Å²) in [7, 11) is 9.22. The quantitative estimate of drug-likeness (QED) is 0.397. The molecule has 4 rings (SSSR count). The summed E-state index contributed by atoms with van der Waals surface area (Å²) in [5, 5.41) is 0.443. The van der Waals surface area contributed by atoms with E-state index in [4.69, 9.17) is 33.1 Å². The highest BCUT2D eigenvalue weighted by Crippen LogP contribution is 2.64. The lowest BCUT2D eigenvalue weighted by Crippen LogP contribution is -2.61. The standard InChI is InChI=1S/C22H35B2OS3/c1-13(26)5-4-7-19(23)16-9-8-15-14-11-20(25)17-6-2-3-10-21(17,27)18(14)12-24-22(15,16)28/h13-19,26-28H,2-12H2,1H3. The Morgan fingerprint density at radius 3 is 2.71 bits per heavy atom. The fourth-order valence-corrected chi connectivity index (χ4v) is 9.09. The van der Waals surface area contributed by atoms with Gasteiger partial charge in [0.15, 0.2) is 0 Å². The van der Waals surface area contributed by atoms with Crippen LogP contribution in [0.5, 0.6) is 0 Å². The van der Waals surface area contributed by atoms with Crippen LogP contribution in [0.3, 0.4) is 0 Å². The van der Waals surface area contributed by atoms with Crippen LogP contribution >= 0.6 is 37.9 Å². The van der Waals surface area contributed by atoms with Crippen LogP contribution in [0.25, 0.3) is 0 Å². The van der Waals surface area contributed by atoms with Gasteiger partial charge in [-0.25, -0.2) is 0 Å². The van der Waals surface area contributed by atoms with Crippen LogP contribution in [0.15, 0.2) is 0 Å². The van der Waals surface area contributed by atoms with E-state index in [1.54, 1.807) is 0 Å². The molecule has 3 aliphatic carbocycles. The van der Waals surface area contributed by atoms with Gasteiger partial charge in [-0.05, 0) is 65.7 Å². The molecule has 0 aromatic heterocycles. The molecule has 9 atom stereocenters. The highest BCUT2D eigenvalue weighted by atomic mass is 32.1. The third-order valence-electron chi connectivity index (χ3n) is 8.78. The molecule has 1 saturated heterocycles. The lowest BCUT2D eigenvalue weighted by molar-refractivity contribution is -0.132. The number of thiol groups is 3. The highest BCUT2D eigenvalue weighted by Gasteiger charge is 2.62. The summed E-state index contributed by atoms with van der Waals surface area (Å²) in [6, 6.07) is 0. The SMILES string of the molecule is [B]C(CCCC(C)S)C1CCC2C3CC(=O)C4CCCCC4(S)C3C[B]C12S. The number of hydrogen-bond donors (Lipinski definition) is 3. The van der Waals surface area contributed by atoms with E-state index in [0.29, 0.717) is 34.7 Å². The molecule has 1 aliphatic heterocycles. The van der Waals surface area contributed by atoms with Gasteiger partial charge in [-0.2, -0.15) is 37.9 Å². The highest BCUT2D eigenvalue weighted by molar-refractivity contribution is 7.83. The largest absolute Gasteiger partial charge is 0.299 e. The molecular formula is C22H35B2OS3. The molecule has 153 valence electrons. The number of Topliss-reactive ketones (excluding diaryl/α,β-unsaturated/α-hetero) is 1.